The summed E-state index contributed by atoms with van der Waals surface area (Å²) in [5.74, 6) is -0.169. The predicted molar refractivity (Wildman–Crippen MR) is 85.5 cm³/mol. The molecular formula is C14H15ClFN3O3S. The molecule has 1 aliphatic heterocycles. The number of aryl methyl sites for hydroxylation is 2. The third kappa shape index (κ3) is 2.93. The van der Waals surface area contributed by atoms with Crippen LogP contribution in [0, 0.1) is 12.7 Å². The molecule has 2 aromatic rings. The first-order valence-corrected chi connectivity index (χ1v) is 8.80. The van der Waals surface area contributed by atoms with E-state index in [0.717, 1.165) is 0 Å². The number of rotatable bonds is 4. The van der Waals surface area contributed by atoms with Crippen LogP contribution >= 0.6 is 11.6 Å². The van der Waals surface area contributed by atoms with E-state index >= 15 is 0 Å². The van der Waals surface area contributed by atoms with Crippen molar-refractivity contribution in [2.45, 2.75) is 12.2 Å². The van der Waals surface area contributed by atoms with Crippen molar-refractivity contribution in [3.05, 3.63) is 34.7 Å². The zero-order valence-electron chi connectivity index (χ0n) is 12.5. The molecule has 1 N–H and O–H groups in total. The van der Waals surface area contributed by atoms with Gasteiger partial charge in [0.2, 0.25) is 10.0 Å². The molecule has 2 heterocycles. The number of ether oxygens (including phenoxy) is 1. The van der Waals surface area contributed by atoms with E-state index in [0.29, 0.717) is 22.6 Å². The molecule has 0 unspecified atom stereocenters. The minimum atomic E-state index is -3.59. The summed E-state index contributed by atoms with van der Waals surface area (Å²) in [6, 6.07) is 3.96. The van der Waals surface area contributed by atoms with Crippen molar-refractivity contribution in [1.82, 2.24) is 9.78 Å². The lowest BCUT2D eigenvalue weighted by molar-refractivity contribution is 0.0418. The van der Waals surface area contributed by atoms with Gasteiger partial charge in [-0.25, -0.2) is 12.8 Å². The molecule has 0 spiro atoms. The van der Waals surface area contributed by atoms with E-state index in [1.807, 2.05) is 0 Å². The molecule has 1 aromatic carbocycles. The maximum absolute atomic E-state index is 13.3. The first kappa shape index (κ1) is 16.2. The Hall–Kier alpha value is -1.64. The minimum Gasteiger partial charge on any atom is -0.378 e. The number of aromatic nitrogens is 2. The van der Waals surface area contributed by atoms with E-state index < -0.39 is 21.1 Å². The van der Waals surface area contributed by atoms with Crippen LogP contribution in [0.4, 0.5) is 10.2 Å². The predicted octanol–water partition coefficient (Wildman–Crippen LogP) is 2.33. The van der Waals surface area contributed by atoms with Gasteiger partial charge in [-0.2, -0.15) is 5.10 Å². The summed E-state index contributed by atoms with van der Waals surface area (Å²) in [6.45, 7) is 2.07. The lowest BCUT2D eigenvalue weighted by Gasteiger charge is -2.26. The number of benzene rings is 1. The van der Waals surface area contributed by atoms with Crippen molar-refractivity contribution in [1.29, 1.82) is 0 Å². The summed E-state index contributed by atoms with van der Waals surface area (Å²) in [7, 11) is -1.96. The second-order valence-electron chi connectivity index (χ2n) is 5.36. The Morgan fingerprint density at radius 1 is 1.43 bits per heavy atom. The van der Waals surface area contributed by atoms with Gasteiger partial charge in [0.15, 0.2) is 0 Å². The topological polar surface area (TPSA) is 73.2 Å². The van der Waals surface area contributed by atoms with Gasteiger partial charge in [-0.05, 0) is 25.1 Å². The van der Waals surface area contributed by atoms with Crippen LogP contribution in [0.5, 0.6) is 0 Å². The molecule has 1 saturated heterocycles. The van der Waals surface area contributed by atoms with E-state index in [1.165, 1.54) is 22.9 Å². The van der Waals surface area contributed by atoms with Gasteiger partial charge in [0, 0.05) is 18.2 Å². The normalized spacial score (nSPS) is 15.5. The van der Waals surface area contributed by atoms with Gasteiger partial charge in [-0.1, -0.05) is 11.6 Å². The molecule has 0 amide bonds. The monoisotopic (exact) mass is 359 g/mol. The number of hydrogen-bond donors (Lipinski definition) is 1. The highest BCUT2D eigenvalue weighted by molar-refractivity contribution is 7.93. The fourth-order valence-corrected chi connectivity index (χ4v) is 3.88. The molecule has 23 heavy (non-hydrogen) atoms. The molecule has 1 aliphatic rings. The average molecular weight is 360 g/mol. The molecule has 0 aliphatic carbocycles. The molecule has 1 aromatic heterocycles. The first-order valence-electron chi connectivity index (χ1n) is 6.88. The van der Waals surface area contributed by atoms with E-state index in [-0.39, 0.29) is 18.2 Å². The standard InChI is InChI=1S/C14H15ClFN3O3S/c1-8-13(11-4-3-9(16)5-12(11)15)14(19(2)17-8)18-23(20,21)10-6-22-7-10/h3-5,10,18H,6-7H2,1-2H3. The van der Waals surface area contributed by atoms with Crippen LogP contribution in [0.3, 0.4) is 0 Å². The zero-order chi connectivity index (χ0) is 16.8. The van der Waals surface area contributed by atoms with Crippen molar-refractivity contribution < 1.29 is 17.5 Å². The Balaban J connectivity index is 2.08. The Morgan fingerprint density at radius 3 is 2.70 bits per heavy atom. The third-order valence-electron chi connectivity index (χ3n) is 3.71. The molecule has 9 heteroatoms. The highest BCUT2D eigenvalue weighted by Gasteiger charge is 2.34. The molecule has 0 radical (unpaired) electrons. The highest BCUT2D eigenvalue weighted by atomic mass is 35.5. The molecule has 124 valence electrons. The fourth-order valence-electron chi connectivity index (χ4n) is 2.40. The second kappa shape index (κ2) is 5.77. The van der Waals surface area contributed by atoms with Crippen LogP contribution in [0.25, 0.3) is 11.1 Å². The number of hydrogen-bond acceptors (Lipinski definition) is 4. The summed E-state index contributed by atoms with van der Waals surface area (Å²) in [5, 5.41) is 3.84. The van der Waals surface area contributed by atoms with Crippen LogP contribution < -0.4 is 4.72 Å². The Bertz CT molecular complexity index is 862. The SMILES string of the molecule is Cc1nn(C)c(NS(=O)(=O)C2COC2)c1-c1ccc(F)cc1Cl. The van der Waals surface area contributed by atoms with Crippen LogP contribution in [0.15, 0.2) is 18.2 Å². The van der Waals surface area contributed by atoms with Gasteiger partial charge >= 0.3 is 0 Å². The number of sulfonamides is 1. The van der Waals surface area contributed by atoms with Crippen LogP contribution in [-0.4, -0.2) is 36.7 Å². The smallest absolute Gasteiger partial charge is 0.241 e. The van der Waals surface area contributed by atoms with Crippen molar-refractivity contribution >= 4 is 27.4 Å². The number of nitrogens with one attached hydrogen (secondary N) is 1. The zero-order valence-corrected chi connectivity index (χ0v) is 14.1. The molecule has 0 saturated carbocycles. The van der Waals surface area contributed by atoms with Crippen molar-refractivity contribution in [2.24, 2.45) is 7.05 Å². The lowest BCUT2D eigenvalue weighted by Crippen LogP contribution is -2.44. The van der Waals surface area contributed by atoms with Gasteiger partial charge in [-0.15, -0.1) is 0 Å². The summed E-state index contributed by atoms with van der Waals surface area (Å²) in [5.41, 5.74) is 1.63. The highest BCUT2D eigenvalue weighted by Crippen LogP contribution is 2.37. The van der Waals surface area contributed by atoms with E-state index in [2.05, 4.69) is 9.82 Å². The Morgan fingerprint density at radius 2 is 2.13 bits per heavy atom. The van der Waals surface area contributed by atoms with Crippen molar-refractivity contribution in [2.75, 3.05) is 17.9 Å². The quantitative estimate of drug-likeness (QED) is 0.909. The summed E-state index contributed by atoms with van der Waals surface area (Å²) in [4.78, 5) is 0. The number of anilines is 1. The largest absolute Gasteiger partial charge is 0.378 e. The summed E-state index contributed by atoms with van der Waals surface area (Å²) in [6.07, 6.45) is 0. The van der Waals surface area contributed by atoms with Crippen molar-refractivity contribution in [3.63, 3.8) is 0 Å². The molecule has 0 atom stereocenters. The lowest BCUT2D eigenvalue weighted by atomic mass is 10.1. The van der Waals surface area contributed by atoms with E-state index in [9.17, 15) is 12.8 Å². The molecule has 0 bridgehead atoms. The summed E-state index contributed by atoms with van der Waals surface area (Å²) < 4.78 is 46.9. The number of nitrogens with zero attached hydrogens (tertiary/aromatic N) is 2. The maximum Gasteiger partial charge on any atom is 0.241 e. The van der Waals surface area contributed by atoms with Crippen LogP contribution in [0.2, 0.25) is 5.02 Å². The van der Waals surface area contributed by atoms with E-state index in [4.69, 9.17) is 16.3 Å². The van der Waals surface area contributed by atoms with Gasteiger partial charge in [0.05, 0.1) is 23.9 Å². The number of halogens is 2. The Labute approximate surface area is 138 Å². The van der Waals surface area contributed by atoms with E-state index in [1.54, 1.807) is 14.0 Å². The van der Waals surface area contributed by atoms with Gasteiger partial charge in [0.25, 0.3) is 0 Å². The fraction of sp³-hybridized carbons (Fsp3) is 0.357. The van der Waals surface area contributed by atoms with Gasteiger partial charge in [-0.3, -0.25) is 9.40 Å². The average Bonchev–Trinajstić information content (AvgIpc) is 2.62. The van der Waals surface area contributed by atoms with Crippen molar-refractivity contribution in [3.8, 4) is 11.1 Å². The minimum absolute atomic E-state index is 0.165. The maximum atomic E-state index is 13.3. The van der Waals surface area contributed by atoms with Gasteiger partial charge < -0.3 is 4.74 Å². The first-order chi connectivity index (χ1) is 10.8. The van der Waals surface area contributed by atoms with Crippen LogP contribution in [-0.2, 0) is 21.8 Å². The molecular weight excluding hydrogens is 345 g/mol. The molecule has 6 nitrogen and oxygen atoms in total. The van der Waals surface area contributed by atoms with Crippen LogP contribution in [0.1, 0.15) is 5.69 Å². The Kier molecular flexibility index (Phi) is 4.07. The molecule has 3 rings (SSSR count). The van der Waals surface area contributed by atoms with Gasteiger partial charge in [0.1, 0.15) is 16.9 Å². The summed E-state index contributed by atoms with van der Waals surface area (Å²) >= 11 is 6.12. The molecule has 1 fully saturated rings. The third-order valence-corrected chi connectivity index (χ3v) is 5.65. The second-order valence-corrected chi connectivity index (χ2v) is 7.73.